The standard InChI is InChI=1S/C22H16ClF2N5O3/c1-11(9-32-2)30-17-7-12(23)3-6-16(17)29-10-26-18(19(29)22(30)31)20-27-21(33-28-20)14-5-4-13(24)8-15(14)25/h3-8,10-11H,9H2,1-2H3. The lowest BCUT2D eigenvalue weighted by Gasteiger charge is -2.18. The summed E-state index contributed by atoms with van der Waals surface area (Å²) in [4.78, 5) is 22.1. The highest BCUT2D eigenvalue weighted by molar-refractivity contribution is 6.31. The summed E-state index contributed by atoms with van der Waals surface area (Å²) in [7, 11) is 1.55. The Bertz CT molecular complexity index is 1580. The monoisotopic (exact) mass is 471 g/mol. The number of hydrogen-bond donors (Lipinski definition) is 0. The maximum Gasteiger partial charge on any atom is 0.278 e. The van der Waals surface area contributed by atoms with Crippen LogP contribution in [-0.4, -0.2) is 37.8 Å². The van der Waals surface area contributed by atoms with Crippen molar-refractivity contribution in [2.75, 3.05) is 13.7 Å². The lowest BCUT2D eigenvalue weighted by Crippen LogP contribution is -2.28. The largest absolute Gasteiger partial charge is 0.383 e. The number of imidazole rings is 1. The molecular weight excluding hydrogens is 456 g/mol. The van der Waals surface area contributed by atoms with Crippen LogP contribution in [0.3, 0.4) is 0 Å². The second-order valence-electron chi connectivity index (χ2n) is 7.47. The summed E-state index contributed by atoms with van der Waals surface area (Å²) in [6.07, 6.45) is 1.47. The molecular formula is C22H16ClF2N5O3. The van der Waals surface area contributed by atoms with E-state index in [1.807, 2.05) is 6.92 Å². The summed E-state index contributed by atoms with van der Waals surface area (Å²) >= 11 is 6.20. The molecule has 11 heteroatoms. The van der Waals surface area contributed by atoms with E-state index >= 15 is 0 Å². The molecule has 0 saturated heterocycles. The minimum absolute atomic E-state index is 0.00687. The van der Waals surface area contributed by atoms with Gasteiger partial charge in [0, 0.05) is 18.2 Å². The minimum atomic E-state index is -0.849. The third kappa shape index (κ3) is 3.47. The van der Waals surface area contributed by atoms with Crippen molar-refractivity contribution in [1.29, 1.82) is 0 Å². The maximum atomic E-state index is 14.2. The molecule has 0 aliphatic heterocycles. The van der Waals surface area contributed by atoms with Crippen molar-refractivity contribution >= 4 is 28.2 Å². The molecule has 0 bridgehead atoms. The third-order valence-electron chi connectivity index (χ3n) is 5.29. The number of hydrogen-bond acceptors (Lipinski definition) is 6. The van der Waals surface area contributed by atoms with Gasteiger partial charge in [0.1, 0.15) is 29.2 Å². The molecule has 168 valence electrons. The molecule has 8 nitrogen and oxygen atoms in total. The maximum absolute atomic E-state index is 14.2. The van der Waals surface area contributed by atoms with E-state index in [2.05, 4.69) is 15.1 Å². The van der Waals surface area contributed by atoms with E-state index in [1.54, 1.807) is 34.3 Å². The zero-order chi connectivity index (χ0) is 23.3. The molecule has 2 aromatic carbocycles. The first-order valence-electron chi connectivity index (χ1n) is 9.88. The van der Waals surface area contributed by atoms with Crippen molar-refractivity contribution in [3.8, 4) is 23.0 Å². The second kappa shape index (κ2) is 8.05. The van der Waals surface area contributed by atoms with Crippen LogP contribution in [0.1, 0.15) is 13.0 Å². The second-order valence-corrected chi connectivity index (χ2v) is 7.91. The van der Waals surface area contributed by atoms with E-state index in [9.17, 15) is 13.6 Å². The van der Waals surface area contributed by atoms with Crippen LogP contribution in [-0.2, 0) is 4.74 Å². The number of halogens is 3. The highest BCUT2D eigenvalue weighted by Crippen LogP contribution is 2.28. The van der Waals surface area contributed by atoms with Crippen LogP contribution in [0.5, 0.6) is 0 Å². The molecule has 1 unspecified atom stereocenters. The van der Waals surface area contributed by atoms with Crippen LogP contribution in [0.15, 0.2) is 52.0 Å². The quantitative estimate of drug-likeness (QED) is 0.375. The van der Waals surface area contributed by atoms with Crippen LogP contribution < -0.4 is 5.56 Å². The van der Waals surface area contributed by atoms with Gasteiger partial charge >= 0.3 is 0 Å². The number of ether oxygens (including phenoxy) is 1. The van der Waals surface area contributed by atoms with Gasteiger partial charge in [-0.1, -0.05) is 16.8 Å². The zero-order valence-corrected chi connectivity index (χ0v) is 18.2. The normalized spacial score (nSPS) is 12.6. The molecule has 3 aromatic heterocycles. The molecule has 1 atom stereocenters. The van der Waals surface area contributed by atoms with E-state index in [0.717, 1.165) is 12.1 Å². The van der Waals surface area contributed by atoms with Gasteiger partial charge in [0.25, 0.3) is 11.4 Å². The average Bonchev–Trinajstić information content (AvgIpc) is 3.41. The van der Waals surface area contributed by atoms with E-state index in [0.29, 0.717) is 16.1 Å². The van der Waals surface area contributed by atoms with Crippen LogP contribution in [0.4, 0.5) is 8.78 Å². The van der Waals surface area contributed by atoms with Gasteiger partial charge in [-0.05, 0) is 37.3 Å². The Kier molecular flexibility index (Phi) is 5.18. The van der Waals surface area contributed by atoms with Crippen molar-refractivity contribution in [2.24, 2.45) is 0 Å². The topological polar surface area (TPSA) is 87.5 Å². The molecule has 0 fully saturated rings. The molecule has 0 amide bonds. The first-order chi connectivity index (χ1) is 15.9. The first kappa shape index (κ1) is 21.2. The first-order valence-corrected chi connectivity index (χ1v) is 10.3. The number of aromatic nitrogens is 5. The van der Waals surface area contributed by atoms with Gasteiger partial charge in [0.05, 0.1) is 29.2 Å². The number of nitrogens with zero attached hydrogens (tertiary/aromatic N) is 5. The van der Waals surface area contributed by atoms with Gasteiger partial charge < -0.3 is 9.26 Å². The molecule has 0 aliphatic carbocycles. The fraction of sp³-hybridized carbons (Fsp3) is 0.182. The minimum Gasteiger partial charge on any atom is -0.383 e. The van der Waals surface area contributed by atoms with Crippen LogP contribution in [0.25, 0.3) is 39.5 Å². The Morgan fingerprint density at radius 2 is 2.00 bits per heavy atom. The molecule has 3 heterocycles. The molecule has 0 N–H and O–H groups in total. The fourth-order valence-electron chi connectivity index (χ4n) is 3.86. The van der Waals surface area contributed by atoms with Crippen molar-refractivity contribution in [2.45, 2.75) is 13.0 Å². The predicted octanol–water partition coefficient (Wildman–Crippen LogP) is 4.51. The predicted molar refractivity (Wildman–Crippen MR) is 117 cm³/mol. The highest BCUT2D eigenvalue weighted by atomic mass is 35.5. The number of fused-ring (bicyclic) bond motifs is 3. The van der Waals surface area contributed by atoms with Gasteiger partial charge in [0.15, 0.2) is 0 Å². The van der Waals surface area contributed by atoms with Crippen molar-refractivity contribution < 1.29 is 18.0 Å². The summed E-state index contributed by atoms with van der Waals surface area (Å²) < 4.78 is 41.0. The van der Waals surface area contributed by atoms with E-state index in [-0.39, 0.29) is 46.7 Å². The lowest BCUT2D eigenvalue weighted by atomic mass is 10.2. The van der Waals surface area contributed by atoms with E-state index < -0.39 is 11.6 Å². The van der Waals surface area contributed by atoms with Gasteiger partial charge in [0.2, 0.25) is 5.82 Å². The molecule has 5 rings (SSSR count). The molecule has 0 aliphatic rings. The highest BCUT2D eigenvalue weighted by Gasteiger charge is 2.23. The van der Waals surface area contributed by atoms with Crippen molar-refractivity contribution in [3.63, 3.8) is 0 Å². The number of benzene rings is 2. The number of methoxy groups -OCH3 is 1. The summed E-state index contributed by atoms with van der Waals surface area (Å²) in [6, 6.07) is 7.88. The average molecular weight is 472 g/mol. The van der Waals surface area contributed by atoms with Crippen molar-refractivity contribution in [1.82, 2.24) is 24.1 Å². The molecule has 5 aromatic rings. The Morgan fingerprint density at radius 1 is 1.18 bits per heavy atom. The van der Waals surface area contributed by atoms with Gasteiger partial charge in [-0.25, -0.2) is 13.8 Å². The van der Waals surface area contributed by atoms with Gasteiger partial charge in [-0.3, -0.25) is 13.8 Å². The van der Waals surface area contributed by atoms with Gasteiger partial charge in [-0.15, -0.1) is 0 Å². The SMILES string of the molecule is COCC(C)n1c(=O)c2c(-c3noc(-c4ccc(F)cc4F)n3)ncn2c2ccc(Cl)cc21. The van der Waals surface area contributed by atoms with E-state index in [4.69, 9.17) is 20.9 Å². The molecule has 33 heavy (non-hydrogen) atoms. The fourth-order valence-corrected chi connectivity index (χ4v) is 4.03. The van der Waals surface area contributed by atoms with E-state index in [1.165, 1.54) is 12.4 Å². The Morgan fingerprint density at radius 3 is 2.76 bits per heavy atom. The molecule has 0 saturated carbocycles. The Hall–Kier alpha value is -3.63. The van der Waals surface area contributed by atoms with Gasteiger partial charge in [-0.2, -0.15) is 4.98 Å². The summed E-state index contributed by atoms with van der Waals surface area (Å²) in [5.74, 6) is -1.75. The third-order valence-corrected chi connectivity index (χ3v) is 5.53. The summed E-state index contributed by atoms with van der Waals surface area (Å²) in [6.45, 7) is 2.14. The van der Waals surface area contributed by atoms with Crippen LogP contribution >= 0.6 is 11.6 Å². The lowest BCUT2D eigenvalue weighted by molar-refractivity contribution is 0.162. The molecule has 0 spiro atoms. The molecule has 0 radical (unpaired) electrons. The number of rotatable bonds is 5. The Balaban J connectivity index is 1.75. The van der Waals surface area contributed by atoms with Crippen LogP contribution in [0, 0.1) is 11.6 Å². The Labute approximate surface area is 190 Å². The zero-order valence-electron chi connectivity index (χ0n) is 17.4. The summed E-state index contributed by atoms with van der Waals surface area (Å²) in [5, 5.41) is 4.35. The summed E-state index contributed by atoms with van der Waals surface area (Å²) in [5.41, 5.74) is 1.23. The van der Waals surface area contributed by atoms with Crippen molar-refractivity contribution in [3.05, 3.63) is 69.7 Å². The smallest absolute Gasteiger partial charge is 0.278 e. The van der Waals surface area contributed by atoms with Crippen LogP contribution in [0.2, 0.25) is 5.02 Å².